The summed E-state index contributed by atoms with van der Waals surface area (Å²) in [6.45, 7) is 7.77. The van der Waals surface area contributed by atoms with Crippen LogP contribution in [0.1, 0.15) is 53.4 Å². The molecule has 142 valence electrons. The van der Waals surface area contributed by atoms with Crippen molar-refractivity contribution in [3.05, 3.63) is 0 Å². The maximum absolute atomic E-state index is 13.2. The molecule has 0 aromatic heterocycles. The maximum atomic E-state index is 13.2. The molecular weight excluding hydrogens is 329 g/mol. The minimum Gasteiger partial charge on any atom is -0.396 e. The van der Waals surface area contributed by atoms with Gasteiger partial charge in [-0.2, -0.15) is 5.26 Å². The van der Waals surface area contributed by atoms with Gasteiger partial charge in [-0.05, 0) is 47.1 Å². The van der Waals surface area contributed by atoms with Crippen molar-refractivity contribution in [1.29, 1.82) is 5.26 Å². The SMILES string of the molecule is CC(C)N(C(C)C)[PH](=O)[C@](O)(OCCC#N)C(CO)CCCCN. The minimum atomic E-state index is -2.78. The third kappa shape index (κ3) is 6.79. The average molecular weight is 363 g/mol. The fraction of sp³-hybridized carbons (Fsp3) is 0.938. The minimum absolute atomic E-state index is 0.0270. The van der Waals surface area contributed by atoms with Crippen molar-refractivity contribution in [3.63, 3.8) is 0 Å². The van der Waals surface area contributed by atoms with Crippen molar-refractivity contribution in [3.8, 4) is 6.07 Å². The van der Waals surface area contributed by atoms with Crippen molar-refractivity contribution >= 4 is 7.95 Å². The van der Waals surface area contributed by atoms with E-state index in [1.165, 1.54) is 0 Å². The van der Waals surface area contributed by atoms with Crippen molar-refractivity contribution < 1.29 is 19.5 Å². The Morgan fingerprint density at radius 3 is 2.29 bits per heavy atom. The van der Waals surface area contributed by atoms with E-state index in [4.69, 9.17) is 15.7 Å². The second kappa shape index (κ2) is 12.0. The van der Waals surface area contributed by atoms with E-state index >= 15 is 0 Å². The predicted octanol–water partition coefficient (Wildman–Crippen LogP) is 1.89. The third-order valence-corrected chi connectivity index (χ3v) is 6.64. The summed E-state index contributed by atoms with van der Waals surface area (Å²) in [5, 5.41) is 29.6. The average Bonchev–Trinajstić information content (AvgIpc) is 2.50. The molecule has 24 heavy (non-hydrogen) atoms. The highest BCUT2D eigenvalue weighted by atomic mass is 31.1. The molecule has 0 aliphatic carbocycles. The smallest absolute Gasteiger partial charge is 0.236 e. The molecule has 0 spiro atoms. The molecule has 0 amide bonds. The molecule has 2 unspecified atom stereocenters. The van der Waals surface area contributed by atoms with Gasteiger partial charge < -0.3 is 25.2 Å². The molecule has 0 bridgehead atoms. The van der Waals surface area contributed by atoms with Crippen LogP contribution in [0.25, 0.3) is 0 Å². The van der Waals surface area contributed by atoms with Gasteiger partial charge in [-0.25, -0.2) is 4.67 Å². The first-order chi connectivity index (χ1) is 11.3. The molecule has 0 aromatic carbocycles. The van der Waals surface area contributed by atoms with E-state index in [9.17, 15) is 14.8 Å². The summed E-state index contributed by atoms with van der Waals surface area (Å²) in [7, 11) is -2.78. The normalized spacial score (nSPS) is 17.0. The predicted molar refractivity (Wildman–Crippen MR) is 95.7 cm³/mol. The van der Waals surface area contributed by atoms with Crippen molar-refractivity contribution in [2.45, 2.75) is 71.0 Å². The molecule has 0 heterocycles. The van der Waals surface area contributed by atoms with Crippen LogP contribution < -0.4 is 5.73 Å². The van der Waals surface area contributed by atoms with E-state index in [0.29, 0.717) is 19.4 Å². The monoisotopic (exact) mass is 363 g/mol. The molecule has 8 heteroatoms. The topological polar surface area (TPSA) is 120 Å². The Labute approximate surface area is 146 Å². The molecule has 0 aliphatic rings. The number of nitrogens with two attached hydrogens (primary N) is 1. The lowest BCUT2D eigenvalue weighted by molar-refractivity contribution is -0.184. The number of rotatable bonds is 13. The van der Waals surface area contributed by atoms with Gasteiger partial charge in [-0.1, -0.05) is 6.42 Å². The van der Waals surface area contributed by atoms with Crippen molar-refractivity contribution in [1.82, 2.24) is 4.67 Å². The second-order valence-electron chi connectivity index (χ2n) is 6.52. The van der Waals surface area contributed by atoms with Gasteiger partial charge in [-0.3, -0.25) is 0 Å². The van der Waals surface area contributed by atoms with Crippen LogP contribution in [-0.2, 0) is 9.30 Å². The second-order valence-corrected chi connectivity index (χ2v) is 8.36. The Morgan fingerprint density at radius 1 is 1.29 bits per heavy atom. The van der Waals surface area contributed by atoms with Gasteiger partial charge in [-0.15, -0.1) is 0 Å². The molecule has 7 nitrogen and oxygen atoms in total. The summed E-state index contributed by atoms with van der Waals surface area (Å²) in [4.78, 5) is 0. The number of unbranched alkanes of at least 4 members (excludes halogenated alkanes) is 1. The van der Waals surface area contributed by atoms with Crippen LogP contribution in [-0.4, -0.2) is 52.3 Å². The highest BCUT2D eigenvalue weighted by molar-refractivity contribution is 7.43. The zero-order chi connectivity index (χ0) is 18.8. The Hall–Kier alpha value is -0.480. The van der Waals surface area contributed by atoms with Crippen LogP contribution in [0.2, 0.25) is 0 Å². The van der Waals surface area contributed by atoms with Gasteiger partial charge in [0.2, 0.25) is 5.53 Å². The summed E-state index contributed by atoms with van der Waals surface area (Å²) in [5.74, 6) is -0.686. The van der Waals surface area contributed by atoms with Gasteiger partial charge in [0.1, 0.15) is 0 Å². The number of nitriles is 1. The molecule has 0 rings (SSSR count). The molecule has 0 saturated carbocycles. The van der Waals surface area contributed by atoms with Crippen LogP contribution in [0, 0.1) is 17.2 Å². The van der Waals surface area contributed by atoms with E-state index in [2.05, 4.69) is 0 Å². The van der Waals surface area contributed by atoms with Crippen LogP contribution in [0.4, 0.5) is 0 Å². The van der Waals surface area contributed by atoms with E-state index in [0.717, 1.165) is 6.42 Å². The lowest BCUT2D eigenvalue weighted by Crippen LogP contribution is -2.46. The van der Waals surface area contributed by atoms with Gasteiger partial charge in [0.05, 0.1) is 25.7 Å². The number of hydrogen-bond acceptors (Lipinski definition) is 6. The van der Waals surface area contributed by atoms with Gasteiger partial charge in [0.15, 0.2) is 7.95 Å². The molecule has 0 aromatic rings. The van der Waals surface area contributed by atoms with Crippen LogP contribution in [0.5, 0.6) is 0 Å². The van der Waals surface area contributed by atoms with Crippen LogP contribution >= 0.6 is 7.95 Å². The lowest BCUT2D eigenvalue weighted by atomic mass is 10.0. The quantitative estimate of drug-likeness (QED) is 0.260. The number of aliphatic hydroxyl groups is 2. The summed E-state index contributed by atoms with van der Waals surface area (Å²) >= 11 is 0. The largest absolute Gasteiger partial charge is 0.396 e. The molecule has 4 N–H and O–H groups in total. The number of aliphatic hydroxyl groups excluding tert-OH is 1. The van der Waals surface area contributed by atoms with Gasteiger partial charge >= 0.3 is 0 Å². The number of nitrogens with zero attached hydrogens (tertiary/aromatic N) is 2. The molecule has 0 aliphatic heterocycles. The highest BCUT2D eigenvalue weighted by Gasteiger charge is 2.46. The fourth-order valence-corrected chi connectivity index (χ4v) is 4.92. The zero-order valence-corrected chi connectivity index (χ0v) is 16.4. The molecule has 0 fully saturated rings. The first kappa shape index (κ1) is 23.5. The van der Waals surface area contributed by atoms with Crippen LogP contribution in [0.15, 0.2) is 0 Å². The molecule has 0 saturated heterocycles. The van der Waals surface area contributed by atoms with Crippen molar-refractivity contribution in [2.75, 3.05) is 19.8 Å². The van der Waals surface area contributed by atoms with E-state index in [1.54, 1.807) is 4.67 Å². The first-order valence-corrected chi connectivity index (χ1v) is 9.98. The molecule has 0 radical (unpaired) electrons. The van der Waals surface area contributed by atoms with Crippen LogP contribution in [0.3, 0.4) is 0 Å². The lowest BCUT2D eigenvalue weighted by Gasteiger charge is -2.41. The van der Waals surface area contributed by atoms with Gasteiger partial charge in [0.25, 0.3) is 0 Å². The number of ether oxygens (including phenoxy) is 1. The maximum Gasteiger partial charge on any atom is 0.236 e. The first-order valence-electron chi connectivity index (χ1n) is 8.63. The number of hydrogen-bond donors (Lipinski definition) is 3. The Morgan fingerprint density at radius 2 is 1.88 bits per heavy atom. The standard InChI is InChI=1S/C16H34N3O4P/c1-13(2)19(14(3)4)24(22)16(21,23-11-7-10-18)15(12-20)8-5-6-9-17/h13-15,20-21,24H,5-9,11-12,17H2,1-4H3/t15?,16-/m1/s1. The zero-order valence-electron chi connectivity index (χ0n) is 15.4. The van der Waals surface area contributed by atoms with Gasteiger partial charge in [0, 0.05) is 18.0 Å². The fourth-order valence-electron chi connectivity index (χ4n) is 2.80. The third-order valence-electron chi connectivity index (χ3n) is 3.97. The van der Waals surface area contributed by atoms with E-state index < -0.39 is 19.4 Å². The highest BCUT2D eigenvalue weighted by Crippen LogP contribution is 2.49. The van der Waals surface area contributed by atoms with E-state index in [-0.39, 0.29) is 31.7 Å². The molecular formula is C16H34N3O4P. The van der Waals surface area contributed by atoms with E-state index in [1.807, 2.05) is 33.8 Å². The Bertz CT molecular complexity index is 407. The Kier molecular flexibility index (Phi) is 11.7. The van der Waals surface area contributed by atoms with Crippen molar-refractivity contribution in [2.24, 2.45) is 11.7 Å². The Balaban J connectivity index is 5.49. The summed E-state index contributed by atoms with van der Waals surface area (Å²) in [6.07, 6.45) is 1.99. The summed E-state index contributed by atoms with van der Waals surface area (Å²) in [5.41, 5.74) is 3.54. The summed E-state index contributed by atoms with van der Waals surface area (Å²) < 4.78 is 20.4. The summed E-state index contributed by atoms with van der Waals surface area (Å²) in [6, 6.07) is 1.84. The molecule has 3 atom stereocenters.